The minimum absolute atomic E-state index is 0.107. The van der Waals surface area contributed by atoms with Gasteiger partial charge in [-0.2, -0.15) is 0 Å². The first-order valence-electron chi connectivity index (χ1n) is 7.45. The number of hydrogen-bond acceptors (Lipinski definition) is 3. The molecule has 4 rings (SSSR count). The Hall–Kier alpha value is -3.47. The van der Waals surface area contributed by atoms with Crippen LogP contribution < -0.4 is 0 Å². The number of rotatable bonds is 3. The summed E-state index contributed by atoms with van der Waals surface area (Å²) in [6, 6.07) is 19.6. The highest BCUT2D eigenvalue weighted by molar-refractivity contribution is 5.92. The first kappa shape index (κ1) is 14.1. The number of nitrogens with zero attached hydrogens (tertiary/aromatic N) is 2. The Morgan fingerprint density at radius 2 is 1.58 bits per heavy atom. The molecule has 2 aromatic carbocycles. The van der Waals surface area contributed by atoms with Crippen molar-refractivity contribution in [1.82, 2.24) is 15.0 Å². The average molecular weight is 315 g/mol. The Kier molecular flexibility index (Phi) is 3.31. The van der Waals surface area contributed by atoms with Crippen molar-refractivity contribution in [3.63, 3.8) is 0 Å². The van der Waals surface area contributed by atoms with Gasteiger partial charge in [-0.25, -0.2) is 14.8 Å². The Morgan fingerprint density at radius 1 is 0.917 bits per heavy atom. The molecule has 0 unspecified atom stereocenters. The van der Waals surface area contributed by atoms with Gasteiger partial charge in [0, 0.05) is 5.56 Å². The number of carboxylic acids is 1. The predicted octanol–water partition coefficient (Wildman–Crippen LogP) is 3.99. The lowest BCUT2D eigenvalue weighted by atomic mass is 10.0. The second kappa shape index (κ2) is 5.62. The summed E-state index contributed by atoms with van der Waals surface area (Å²) in [7, 11) is 0. The van der Waals surface area contributed by atoms with E-state index < -0.39 is 5.97 Å². The highest BCUT2D eigenvalue weighted by Gasteiger charge is 2.10. The minimum Gasteiger partial charge on any atom is -0.477 e. The number of aromatic carboxylic acids is 1. The number of nitrogens with one attached hydrogen (secondary N) is 1. The quantitative estimate of drug-likeness (QED) is 0.599. The minimum atomic E-state index is -1.01. The fraction of sp³-hybridized carbons (Fsp3) is 0. The standard InChI is InChI=1S/C19H13N3O2/c23-19(24)16-10-15-17(21-16)11-20-18(22-15)14-8-6-13(7-9-14)12-4-2-1-3-5-12/h1-11,21H,(H,23,24). The van der Waals surface area contributed by atoms with Crippen LogP contribution in [0.4, 0.5) is 0 Å². The summed E-state index contributed by atoms with van der Waals surface area (Å²) in [5, 5.41) is 9.03. The smallest absolute Gasteiger partial charge is 0.352 e. The number of H-pyrrole nitrogens is 1. The molecule has 5 nitrogen and oxygen atoms in total. The molecule has 2 heterocycles. The van der Waals surface area contributed by atoms with Crippen LogP contribution in [-0.4, -0.2) is 26.0 Å². The van der Waals surface area contributed by atoms with Crippen LogP contribution in [0.1, 0.15) is 10.5 Å². The third-order valence-corrected chi connectivity index (χ3v) is 3.85. The zero-order valence-electron chi connectivity index (χ0n) is 12.6. The van der Waals surface area contributed by atoms with Gasteiger partial charge < -0.3 is 10.1 Å². The van der Waals surface area contributed by atoms with E-state index >= 15 is 0 Å². The van der Waals surface area contributed by atoms with Crippen LogP contribution in [0.3, 0.4) is 0 Å². The molecule has 0 radical (unpaired) electrons. The van der Waals surface area contributed by atoms with E-state index in [1.54, 1.807) is 6.20 Å². The molecule has 4 aromatic rings. The molecule has 24 heavy (non-hydrogen) atoms. The summed E-state index contributed by atoms with van der Waals surface area (Å²) in [5.41, 5.74) is 4.46. The van der Waals surface area contributed by atoms with Crippen molar-refractivity contribution in [2.75, 3.05) is 0 Å². The summed E-state index contributed by atoms with van der Waals surface area (Å²) in [6.07, 6.45) is 1.61. The lowest BCUT2D eigenvalue weighted by molar-refractivity contribution is 0.0691. The fourth-order valence-electron chi connectivity index (χ4n) is 2.62. The largest absolute Gasteiger partial charge is 0.477 e. The molecule has 5 heteroatoms. The van der Waals surface area contributed by atoms with Crippen LogP contribution in [0.2, 0.25) is 0 Å². The molecule has 0 saturated heterocycles. The first-order chi connectivity index (χ1) is 11.7. The van der Waals surface area contributed by atoms with Gasteiger partial charge in [-0.1, -0.05) is 54.6 Å². The van der Waals surface area contributed by atoms with Gasteiger partial charge in [0.25, 0.3) is 0 Å². The second-order valence-electron chi connectivity index (χ2n) is 5.42. The number of fused-ring (bicyclic) bond motifs is 1. The molecule has 0 aliphatic carbocycles. The molecule has 0 fully saturated rings. The first-order valence-corrected chi connectivity index (χ1v) is 7.45. The lowest BCUT2D eigenvalue weighted by Gasteiger charge is -2.04. The zero-order valence-corrected chi connectivity index (χ0v) is 12.6. The van der Waals surface area contributed by atoms with E-state index in [9.17, 15) is 4.79 Å². The maximum Gasteiger partial charge on any atom is 0.352 e. The van der Waals surface area contributed by atoms with Gasteiger partial charge in [0.05, 0.1) is 17.2 Å². The molecule has 0 atom stereocenters. The number of aromatic nitrogens is 3. The molecule has 0 bridgehead atoms. The Balaban J connectivity index is 1.70. The lowest BCUT2D eigenvalue weighted by Crippen LogP contribution is -1.94. The number of carboxylic acid groups (broad SMARTS) is 1. The van der Waals surface area contributed by atoms with Crippen molar-refractivity contribution in [3.8, 4) is 22.5 Å². The van der Waals surface area contributed by atoms with E-state index in [2.05, 4.69) is 27.1 Å². The van der Waals surface area contributed by atoms with Crippen molar-refractivity contribution in [3.05, 3.63) is 72.6 Å². The highest BCUT2D eigenvalue weighted by Crippen LogP contribution is 2.24. The predicted molar refractivity (Wildman–Crippen MR) is 91.7 cm³/mol. The van der Waals surface area contributed by atoms with E-state index in [0.29, 0.717) is 16.9 Å². The third kappa shape index (κ3) is 2.52. The molecule has 0 saturated carbocycles. The summed E-state index contributed by atoms with van der Waals surface area (Å²) < 4.78 is 0. The highest BCUT2D eigenvalue weighted by atomic mass is 16.4. The van der Waals surface area contributed by atoms with Crippen molar-refractivity contribution in [1.29, 1.82) is 0 Å². The summed E-state index contributed by atoms with van der Waals surface area (Å²) in [5.74, 6) is -0.445. The van der Waals surface area contributed by atoms with Gasteiger partial charge in [-0.15, -0.1) is 0 Å². The summed E-state index contributed by atoms with van der Waals surface area (Å²) >= 11 is 0. The number of benzene rings is 2. The Morgan fingerprint density at radius 3 is 2.29 bits per heavy atom. The monoisotopic (exact) mass is 315 g/mol. The van der Waals surface area contributed by atoms with Gasteiger partial charge in [0.1, 0.15) is 5.69 Å². The van der Waals surface area contributed by atoms with E-state index in [0.717, 1.165) is 16.7 Å². The number of aromatic amines is 1. The van der Waals surface area contributed by atoms with E-state index in [4.69, 9.17) is 5.11 Å². The molecular formula is C19H13N3O2. The van der Waals surface area contributed by atoms with Crippen molar-refractivity contribution >= 4 is 17.0 Å². The van der Waals surface area contributed by atoms with Crippen LogP contribution >= 0.6 is 0 Å². The Bertz CT molecular complexity index is 1020. The fourth-order valence-corrected chi connectivity index (χ4v) is 2.62. The molecule has 2 aromatic heterocycles. The topological polar surface area (TPSA) is 78.9 Å². The van der Waals surface area contributed by atoms with Gasteiger partial charge in [0.2, 0.25) is 0 Å². The van der Waals surface area contributed by atoms with Crippen LogP contribution in [0.15, 0.2) is 66.9 Å². The number of carbonyl (C=O) groups is 1. The molecular weight excluding hydrogens is 302 g/mol. The SMILES string of the molecule is O=C(O)c1cc2nc(-c3ccc(-c4ccccc4)cc3)ncc2[nH]1. The van der Waals surface area contributed by atoms with Crippen molar-refractivity contribution in [2.45, 2.75) is 0 Å². The molecule has 0 aliphatic heterocycles. The average Bonchev–Trinajstić information content (AvgIpc) is 3.06. The van der Waals surface area contributed by atoms with Gasteiger partial charge >= 0.3 is 5.97 Å². The maximum atomic E-state index is 11.0. The molecule has 0 amide bonds. The maximum absolute atomic E-state index is 11.0. The van der Waals surface area contributed by atoms with Crippen molar-refractivity contribution < 1.29 is 9.90 Å². The second-order valence-corrected chi connectivity index (χ2v) is 5.42. The van der Waals surface area contributed by atoms with Gasteiger partial charge in [-0.05, 0) is 17.2 Å². The Labute approximate surface area is 137 Å². The van der Waals surface area contributed by atoms with Crippen LogP contribution in [0.5, 0.6) is 0 Å². The van der Waals surface area contributed by atoms with Crippen LogP contribution in [-0.2, 0) is 0 Å². The third-order valence-electron chi connectivity index (χ3n) is 3.85. The summed E-state index contributed by atoms with van der Waals surface area (Å²) in [6.45, 7) is 0. The summed E-state index contributed by atoms with van der Waals surface area (Å²) in [4.78, 5) is 22.6. The van der Waals surface area contributed by atoms with E-state index in [1.807, 2.05) is 42.5 Å². The van der Waals surface area contributed by atoms with Gasteiger partial charge in [-0.3, -0.25) is 0 Å². The van der Waals surface area contributed by atoms with Crippen molar-refractivity contribution in [2.24, 2.45) is 0 Å². The molecule has 0 spiro atoms. The zero-order chi connectivity index (χ0) is 16.5. The normalized spacial score (nSPS) is 10.8. The van der Waals surface area contributed by atoms with E-state index in [-0.39, 0.29) is 5.69 Å². The number of hydrogen-bond donors (Lipinski definition) is 2. The van der Waals surface area contributed by atoms with Crippen LogP contribution in [0.25, 0.3) is 33.5 Å². The molecule has 0 aliphatic rings. The molecule has 2 N–H and O–H groups in total. The van der Waals surface area contributed by atoms with Crippen LogP contribution in [0, 0.1) is 0 Å². The van der Waals surface area contributed by atoms with Gasteiger partial charge in [0.15, 0.2) is 5.82 Å². The molecule has 116 valence electrons. The van der Waals surface area contributed by atoms with E-state index in [1.165, 1.54) is 6.07 Å².